The Morgan fingerprint density at radius 1 is 1.29 bits per heavy atom. The third kappa shape index (κ3) is 2.84. The molecular formula is C8H10Br2ClNO2. The Kier molecular flexibility index (Phi) is 6.00. The van der Waals surface area contributed by atoms with Crippen LogP contribution in [0.2, 0.25) is 0 Å². The van der Waals surface area contributed by atoms with Gasteiger partial charge < -0.3 is 15.9 Å². The van der Waals surface area contributed by atoms with Gasteiger partial charge in [0.05, 0.1) is 17.1 Å². The van der Waals surface area contributed by atoms with Crippen molar-refractivity contribution in [3.8, 4) is 5.75 Å². The summed E-state index contributed by atoms with van der Waals surface area (Å²) in [6, 6.07) is 2.88. The van der Waals surface area contributed by atoms with Crippen LogP contribution < -0.4 is 5.73 Å². The fraction of sp³-hybridized carbons (Fsp3) is 0.250. The maximum absolute atomic E-state index is 9.61. The van der Waals surface area contributed by atoms with Crippen molar-refractivity contribution in [2.24, 2.45) is 5.73 Å². The van der Waals surface area contributed by atoms with E-state index in [0.29, 0.717) is 14.5 Å². The van der Waals surface area contributed by atoms with E-state index in [1.54, 1.807) is 12.1 Å². The minimum Gasteiger partial charge on any atom is -0.506 e. The molecule has 0 amide bonds. The Morgan fingerprint density at radius 2 is 1.79 bits per heavy atom. The van der Waals surface area contributed by atoms with Crippen molar-refractivity contribution in [2.45, 2.75) is 6.04 Å². The Labute approximate surface area is 105 Å². The first kappa shape index (κ1) is 14.2. The molecular weight excluding hydrogens is 337 g/mol. The molecule has 6 heteroatoms. The zero-order valence-corrected chi connectivity index (χ0v) is 11.1. The SMILES string of the molecule is Cl.N[C@H](CO)c1c(Br)ccc(Br)c1O. The average molecular weight is 347 g/mol. The van der Waals surface area contributed by atoms with Gasteiger partial charge in [-0.3, -0.25) is 0 Å². The molecule has 0 unspecified atom stereocenters. The third-order valence-electron chi connectivity index (χ3n) is 1.68. The molecule has 14 heavy (non-hydrogen) atoms. The second-order valence-electron chi connectivity index (χ2n) is 2.58. The van der Waals surface area contributed by atoms with Crippen molar-refractivity contribution in [1.82, 2.24) is 0 Å². The number of aromatic hydroxyl groups is 1. The summed E-state index contributed by atoms with van der Waals surface area (Å²) < 4.78 is 1.25. The van der Waals surface area contributed by atoms with Crippen LogP contribution in [-0.4, -0.2) is 16.8 Å². The summed E-state index contributed by atoms with van der Waals surface area (Å²) in [4.78, 5) is 0. The van der Waals surface area contributed by atoms with Crippen LogP contribution in [0.5, 0.6) is 5.75 Å². The quantitative estimate of drug-likeness (QED) is 0.769. The van der Waals surface area contributed by atoms with Crippen LogP contribution in [0.25, 0.3) is 0 Å². The maximum Gasteiger partial charge on any atom is 0.135 e. The molecule has 1 aromatic carbocycles. The summed E-state index contributed by atoms with van der Waals surface area (Å²) in [5.41, 5.74) is 6.11. The Bertz CT molecular complexity index is 322. The fourth-order valence-corrected chi connectivity index (χ4v) is 1.96. The molecule has 4 N–H and O–H groups in total. The lowest BCUT2D eigenvalue weighted by molar-refractivity contribution is 0.265. The lowest BCUT2D eigenvalue weighted by atomic mass is 10.1. The van der Waals surface area contributed by atoms with E-state index >= 15 is 0 Å². The molecule has 0 bridgehead atoms. The van der Waals surface area contributed by atoms with Gasteiger partial charge in [-0.1, -0.05) is 15.9 Å². The smallest absolute Gasteiger partial charge is 0.135 e. The number of halogens is 3. The van der Waals surface area contributed by atoms with Crippen LogP contribution in [-0.2, 0) is 0 Å². The van der Waals surface area contributed by atoms with E-state index < -0.39 is 6.04 Å². The van der Waals surface area contributed by atoms with Crippen LogP contribution in [0.4, 0.5) is 0 Å². The molecule has 0 aromatic heterocycles. The number of aliphatic hydroxyl groups excluding tert-OH is 1. The molecule has 0 spiro atoms. The van der Waals surface area contributed by atoms with E-state index in [0.717, 1.165) is 0 Å². The second-order valence-corrected chi connectivity index (χ2v) is 4.29. The molecule has 1 atom stereocenters. The standard InChI is InChI=1S/C8H9Br2NO2.ClH/c9-4-1-2-5(10)8(13)7(4)6(11)3-12;/h1-2,6,12-13H,3,11H2;1H/t6-;/m1./s1. The minimum atomic E-state index is -0.577. The lowest BCUT2D eigenvalue weighted by Gasteiger charge is -2.13. The van der Waals surface area contributed by atoms with Gasteiger partial charge in [0.1, 0.15) is 5.75 Å². The molecule has 1 aromatic rings. The maximum atomic E-state index is 9.61. The molecule has 0 fully saturated rings. The highest BCUT2D eigenvalue weighted by Crippen LogP contribution is 2.36. The fourth-order valence-electron chi connectivity index (χ4n) is 1.00. The first-order chi connectivity index (χ1) is 6.07. The molecule has 0 aliphatic carbocycles. The molecule has 0 saturated heterocycles. The highest BCUT2D eigenvalue weighted by atomic mass is 79.9. The van der Waals surface area contributed by atoms with Gasteiger partial charge in [-0.05, 0) is 28.1 Å². The average Bonchev–Trinajstić information content (AvgIpc) is 2.12. The van der Waals surface area contributed by atoms with Crippen LogP contribution in [0.1, 0.15) is 11.6 Å². The Balaban J connectivity index is 0.00000169. The first-order valence-corrected chi connectivity index (χ1v) is 5.19. The number of rotatable bonds is 2. The highest BCUT2D eigenvalue weighted by Gasteiger charge is 2.15. The van der Waals surface area contributed by atoms with Crippen LogP contribution in [0, 0.1) is 0 Å². The van der Waals surface area contributed by atoms with Gasteiger partial charge in [-0.25, -0.2) is 0 Å². The van der Waals surface area contributed by atoms with Crippen molar-refractivity contribution >= 4 is 44.3 Å². The minimum absolute atomic E-state index is 0. The summed E-state index contributed by atoms with van der Waals surface area (Å²) in [5.74, 6) is 0.0657. The number of hydrogen-bond donors (Lipinski definition) is 3. The van der Waals surface area contributed by atoms with Gasteiger partial charge in [0.2, 0.25) is 0 Å². The zero-order valence-electron chi connectivity index (χ0n) is 7.08. The van der Waals surface area contributed by atoms with Gasteiger partial charge in [0.15, 0.2) is 0 Å². The van der Waals surface area contributed by atoms with Gasteiger partial charge in [0.25, 0.3) is 0 Å². The van der Waals surface area contributed by atoms with E-state index in [2.05, 4.69) is 31.9 Å². The van der Waals surface area contributed by atoms with Gasteiger partial charge in [-0.15, -0.1) is 12.4 Å². The van der Waals surface area contributed by atoms with E-state index in [4.69, 9.17) is 10.8 Å². The number of benzene rings is 1. The predicted molar refractivity (Wildman–Crippen MR) is 64.8 cm³/mol. The zero-order chi connectivity index (χ0) is 10.0. The normalized spacial score (nSPS) is 12.0. The predicted octanol–water partition coefficient (Wildman–Crippen LogP) is 2.33. The number of nitrogens with two attached hydrogens (primary N) is 1. The Hall–Kier alpha value is 0.190. The van der Waals surface area contributed by atoms with E-state index in [-0.39, 0.29) is 24.8 Å². The molecule has 0 saturated carbocycles. The van der Waals surface area contributed by atoms with E-state index in [1.165, 1.54) is 0 Å². The van der Waals surface area contributed by atoms with Crippen molar-refractivity contribution in [1.29, 1.82) is 0 Å². The first-order valence-electron chi connectivity index (χ1n) is 3.61. The van der Waals surface area contributed by atoms with Gasteiger partial charge >= 0.3 is 0 Å². The monoisotopic (exact) mass is 345 g/mol. The molecule has 0 aliphatic rings. The summed E-state index contributed by atoms with van der Waals surface area (Å²) in [5, 5.41) is 18.5. The van der Waals surface area contributed by atoms with Crippen LogP contribution >= 0.6 is 44.3 Å². The van der Waals surface area contributed by atoms with Gasteiger partial charge in [0, 0.05) is 10.0 Å². The molecule has 0 radical (unpaired) electrons. The van der Waals surface area contributed by atoms with Crippen molar-refractivity contribution in [3.05, 3.63) is 26.6 Å². The second kappa shape index (κ2) is 5.92. The number of phenolic OH excluding ortho intramolecular Hbond substituents is 1. The van der Waals surface area contributed by atoms with Crippen molar-refractivity contribution < 1.29 is 10.2 Å². The molecule has 0 heterocycles. The summed E-state index contributed by atoms with van der Waals surface area (Å²) in [6.45, 7) is -0.206. The Morgan fingerprint density at radius 3 is 2.29 bits per heavy atom. The lowest BCUT2D eigenvalue weighted by Crippen LogP contribution is -2.15. The molecule has 1 rings (SSSR count). The third-order valence-corrected chi connectivity index (χ3v) is 3.01. The largest absolute Gasteiger partial charge is 0.506 e. The van der Waals surface area contributed by atoms with E-state index in [9.17, 15) is 5.11 Å². The summed E-state index contributed by atoms with van der Waals surface area (Å²) in [7, 11) is 0. The van der Waals surface area contributed by atoms with Crippen LogP contribution in [0.3, 0.4) is 0 Å². The number of hydrogen-bond acceptors (Lipinski definition) is 3. The summed E-state index contributed by atoms with van der Waals surface area (Å²) in [6.07, 6.45) is 0. The van der Waals surface area contributed by atoms with Crippen molar-refractivity contribution in [3.63, 3.8) is 0 Å². The summed E-state index contributed by atoms with van der Waals surface area (Å²) >= 11 is 6.42. The highest BCUT2D eigenvalue weighted by molar-refractivity contribution is 9.11. The number of aliphatic hydroxyl groups is 1. The van der Waals surface area contributed by atoms with Gasteiger partial charge in [-0.2, -0.15) is 0 Å². The number of phenols is 1. The van der Waals surface area contributed by atoms with E-state index in [1.807, 2.05) is 0 Å². The van der Waals surface area contributed by atoms with Crippen molar-refractivity contribution in [2.75, 3.05) is 6.61 Å². The molecule has 3 nitrogen and oxygen atoms in total. The van der Waals surface area contributed by atoms with Crippen LogP contribution in [0.15, 0.2) is 21.1 Å². The molecule has 0 aliphatic heterocycles. The molecule has 80 valence electrons. The topological polar surface area (TPSA) is 66.5 Å².